The Morgan fingerprint density at radius 2 is 2.12 bits per heavy atom. The average molecular weight is 252 g/mol. The summed E-state index contributed by atoms with van der Waals surface area (Å²) in [5.74, 6) is 0.818. The molecule has 2 N–H and O–H groups in total. The number of rotatable bonds is 2. The quantitative estimate of drug-likeness (QED) is 0.793. The van der Waals surface area contributed by atoms with Gasteiger partial charge in [-0.1, -0.05) is 19.3 Å². The summed E-state index contributed by atoms with van der Waals surface area (Å²) in [6.07, 6.45) is 6.43. The molecule has 4 nitrogen and oxygen atoms in total. The molecule has 0 saturated heterocycles. The zero-order valence-corrected chi connectivity index (χ0v) is 11.3. The number of aryl methyl sites for hydroxylation is 2. The normalized spacial score (nSPS) is 16.8. The minimum absolute atomic E-state index is 0.536. The lowest BCUT2D eigenvalue weighted by atomic mass is 9.96. The van der Waals surface area contributed by atoms with Crippen molar-refractivity contribution >= 4 is 23.1 Å². The van der Waals surface area contributed by atoms with Crippen LogP contribution < -0.4 is 10.6 Å². The molecule has 1 aromatic heterocycles. The van der Waals surface area contributed by atoms with Crippen molar-refractivity contribution in [3.63, 3.8) is 0 Å². The maximum Gasteiger partial charge on any atom is 0.172 e. The number of hydrogen-bond acceptors (Lipinski definition) is 2. The fourth-order valence-electron chi connectivity index (χ4n) is 2.21. The van der Waals surface area contributed by atoms with E-state index < -0.39 is 0 Å². The molecule has 17 heavy (non-hydrogen) atoms. The van der Waals surface area contributed by atoms with Gasteiger partial charge in [-0.05, 0) is 32.0 Å². The Balaban J connectivity index is 1.84. The van der Waals surface area contributed by atoms with Crippen LogP contribution in [0.3, 0.4) is 0 Å². The molecule has 1 heterocycles. The van der Waals surface area contributed by atoms with Gasteiger partial charge in [-0.2, -0.15) is 5.10 Å². The fourth-order valence-corrected chi connectivity index (χ4v) is 2.48. The molecule has 0 radical (unpaired) electrons. The molecule has 1 aromatic rings. The van der Waals surface area contributed by atoms with E-state index in [1.807, 2.05) is 24.7 Å². The van der Waals surface area contributed by atoms with E-state index in [1.165, 1.54) is 32.1 Å². The third-order valence-electron chi connectivity index (χ3n) is 3.30. The van der Waals surface area contributed by atoms with Gasteiger partial charge in [0, 0.05) is 24.8 Å². The van der Waals surface area contributed by atoms with Crippen molar-refractivity contribution in [3.05, 3.63) is 11.8 Å². The molecular weight excluding hydrogens is 232 g/mol. The highest BCUT2D eigenvalue weighted by atomic mass is 32.1. The van der Waals surface area contributed by atoms with Gasteiger partial charge >= 0.3 is 0 Å². The second-order valence-electron chi connectivity index (χ2n) is 4.73. The molecule has 0 bridgehead atoms. The summed E-state index contributed by atoms with van der Waals surface area (Å²) in [6, 6.07) is 2.53. The molecule has 1 saturated carbocycles. The van der Waals surface area contributed by atoms with Crippen LogP contribution in [0.2, 0.25) is 0 Å². The van der Waals surface area contributed by atoms with Crippen LogP contribution in [0.15, 0.2) is 6.07 Å². The molecule has 94 valence electrons. The van der Waals surface area contributed by atoms with Crippen molar-refractivity contribution in [3.8, 4) is 0 Å². The van der Waals surface area contributed by atoms with Crippen molar-refractivity contribution in [1.82, 2.24) is 15.1 Å². The monoisotopic (exact) mass is 252 g/mol. The second-order valence-corrected chi connectivity index (χ2v) is 5.14. The van der Waals surface area contributed by atoms with E-state index in [9.17, 15) is 0 Å². The first-order valence-corrected chi connectivity index (χ1v) is 6.64. The zero-order valence-electron chi connectivity index (χ0n) is 10.5. The molecule has 0 unspecified atom stereocenters. The number of thiocarbonyl (C=S) groups is 1. The molecule has 0 atom stereocenters. The summed E-state index contributed by atoms with van der Waals surface area (Å²) in [4.78, 5) is 0. The number of aromatic nitrogens is 2. The van der Waals surface area contributed by atoms with E-state index in [1.54, 1.807) is 0 Å². The highest BCUT2D eigenvalue weighted by Gasteiger charge is 2.14. The SMILES string of the molecule is Cc1cc(NC(=S)NC2CCCCC2)nn1C. The molecule has 0 amide bonds. The largest absolute Gasteiger partial charge is 0.360 e. The van der Waals surface area contributed by atoms with Gasteiger partial charge in [0.1, 0.15) is 0 Å². The third-order valence-corrected chi connectivity index (χ3v) is 3.52. The Kier molecular flexibility index (Phi) is 3.99. The number of anilines is 1. The van der Waals surface area contributed by atoms with Crippen LogP contribution in [0.1, 0.15) is 37.8 Å². The molecule has 2 rings (SSSR count). The lowest BCUT2D eigenvalue weighted by molar-refractivity contribution is 0.415. The Labute approximate surface area is 108 Å². The van der Waals surface area contributed by atoms with Gasteiger partial charge < -0.3 is 10.6 Å². The Morgan fingerprint density at radius 1 is 1.41 bits per heavy atom. The number of nitrogens with zero attached hydrogens (tertiary/aromatic N) is 2. The standard InChI is InChI=1S/C12H20N4S/c1-9-8-11(15-16(9)2)14-12(17)13-10-6-4-3-5-7-10/h8,10H,3-7H2,1-2H3,(H2,13,14,15,17). The summed E-state index contributed by atoms with van der Waals surface area (Å²) in [5.41, 5.74) is 1.12. The maximum atomic E-state index is 5.30. The smallest absolute Gasteiger partial charge is 0.172 e. The van der Waals surface area contributed by atoms with E-state index in [4.69, 9.17) is 12.2 Å². The van der Waals surface area contributed by atoms with Gasteiger partial charge in [0.2, 0.25) is 0 Å². The maximum absolute atomic E-state index is 5.30. The first-order chi connectivity index (χ1) is 8.15. The van der Waals surface area contributed by atoms with Gasteiger partial charge in [0.25, 0.3) is 0 Å². The number of hydrogen-bond donors (Lipinski definition) is 2. The van der Waals surface area contributed by atoms with Gasteiger partial charge in [0.15, 0.2) is 10.9 Å². The Morgan fingerprint density at radius 3 is 2.71 bits per heavy atom. The predicted octanol–water partition coefficient (Wildman–Crippen LogP) is 2.35. The topological polar surface area (TPSA) is 41.9 Å². The van der Waals surface area contributed by atoms with Gasteiger partial charge in [-0.3, -0.25) is 4.68 Å². The van der Waals surface area contributed by atoms with Gasteiger partial charge in [-0.15, -0.1) is 0 Å². The average Bonchev–Trinajstić information content (AvgIpc) is 2.59. The van der Waals surface area contributed by atoms with Crippen LogP contribution in [0.4, 0.5) is 5.82 Å². The summed E-state index contributed by atoms with van der Waals surface area (Å²) in [7, 11) is 1.93. The fraction of sp³-hybridized carbons (Fsp3) is 0.667. The highest BCUT2D eigenvalue weighted by molar-refractivity contribution is 7.80. The molecule has 1 aliphatic rings. The summed E-state index contributed by atoms with van der Waals surface area (Å²) >= 11 is 5.30. The summed E-state index contributed by atoms with van der Waals surface area (Å²) in [6.45, 7) is 2.02. The van der Waals surface area contributed by atoms with Crippen LogP contribution in [0.25, 0.3) is 0 Å². The predicted molar refractivity (Wildman–Crippen MR) is 74.2 cm³/mol. The van der Waals surface area contributed by atoms with Crippen LogP contribution in [-0.2, 0) is 7.05 Å². The van der Waals surface area contributed by atoms with E-state index in [0.717, 1.165) is 11.5 Å². The lowest BCUT2D eigenvalue weighted by Crippen LogP contribution is -2.38. The van der Waals surface area contributed by atoms with Gasteiger partial charge in [0.05, 0.1) is 0 Å². The van der Waals surface area contributed by atoms with Gasteiger partial charge in [-0.25, -0.2) is 0 Å². The molecule has 0 spiro atoms. The minimum atomic E-state index is 0.536. The minimum Gasteiger partial charge on any atom is -0.360 e. The Bertz CT molecular complexity index is 374. The van der Waals surface area contributed by atoms with Crippen LogP contribution in [0, 0.1) is 6.92 Å². The van der Waals surface area contributed by atoms with E-state index in [2.05, 4.69) is 15.7 Å². The third kappa shape index (κ3) is 3.43. The lowest BCUT2D eigenvalue weighted by Gasteiger charge is -2.23. The molecule has 0 aliphatic heterocycles. The summed E-state index contributed by atoms with van der Waals surface area (Å²) < 4.78 is 1.84. The molecule has 1 fully saturated rings. The van der Waals surface area contributed by atoms with E-state index in [0.29, 0.717) is 11.2 Å². The highest BCUT2D eigenvalue weighted by Crippen LogP contribution is 2.17. The molecule has 5 heteroatoms. The zero-order chi connectivity index (χ0) is 12.3. The molecule has 0 aromatic carbocycles. The van der Waals surface area contributed by atoms with E-state index >= 15 is 0 Å². The molecular formula is C12H20N4S. The van der Waals surface area contributed by atoms with Crippen molar-refractivity contribution < 1.29 is 0 Å². The van der Waals surface area contributed by atoms with E-state index in [-0.39, 0.29) is 0 Å². The van der Waals surface area contributed by atoms with Crippen molar-refractivity contribution in [2.75, 3.05) is 5.32 Å². The van der Waals surface area contributed by atoms with Crippen LogP contribution in [-0.4, -0.2) is 20.9 Å². The second kappa shape index (κ2) is 5.49. The first kappa shape index (κ1) is 12.4. The Hall–Kier alpha value is -1.10. The number of nitrogens with one attached hydrogen (secondary N) is 2. The summed E-state index contributed by atoms with van der Waals surface area (Å²) in [5, 5.41) is 11.5. The molecule has 1 aliphatic carbocycles. The van der Waals surface area contributed by atoms with Crippen molar-refractivity contribution in [2.24, 2.45) is 7.05 Å². The van der Waals surface area contributed by atoms with Crippen molar-refractivity contribution in [2.45, 2.75) is 45.1 Å². The van der Waals surface area contributed by atoms with Crippen LogP contribution in [0.5, 0.6) is 0 Å². The first-order valence-electron chi connectivity index (χ1n) is 6.23. The van der Waals surface area contributed by atoms with Crippen LogP contribution >= 0.6 is 12.2 Å². The van der Waals surface area contributed by atoms with Crippen molar-refractivity contribution in [1.29, 1.82) is 0 Å².